The van der Waals surface area contributed by atoms with Crippen LogP contribution in [0.1, 0.15) is 47.3 Å². The molecule has 1 saturated heterocycles. The molecule has 1 aliphatic rings. The average Bonchev–Trinajstić information content (AvgIpc) is 2.74. The maximum atomic E-state index is 13.0. The van der Waals surface area contributed by atoms with E-state index < -0.39 is 15.9 Å². The minimum Gasteiger partial charge on any atom is -0.343 e. The van der Waals surface area contributed by atoms with E-state index in [1.165, 1.54) is 28.6 Å². The number of hydrogen-bond donors (Lipinski definition) is 2. The molecule has 2 aromatic carbocycles. The van der Waals surface area contributed by atoms with Crippen LogP contribution in [0, 0.1) is 32.6 Å². The van der Waals surface area contributed by atoms with Crippen LogP contribution in [0.15, 0.2) is 41.3 Å². The monoisotopic (exact) mass is 471 g/mol. The van der Waals surface area contributed by atoms with Crippen LogP contribution >= 0.6 is 0 Å². The first-order chi connectivity index (χ1) is 15.5. The Balaban J connectivity index is 1.61. The minimum absolute atomic E-state index is 0.170. The first kappa shape index (κ1) is 24.9. The number of amides is 2. The van der Waals surface area contributed by atoms with Crippen molar-refractivity contribution in [2.24, 2.45) is 11.8 Å². The highest BCUT2D eigenvalue weighted by Crippen LogP contribution is 2.27. The molecular formula is C25H33N3O4S. The first-order valence-corrected chi connectivity index (χ1v) is 12.7. The molecule has 0 aliphatic carbocycles. The van der Waals surface area contributed by atoms with Gasteiger partial charge in [-0.25, -0.2) is 8.42 Å². The van der Waals surface area contributed by atoms with Gasteiger partial charge in [0.25, 0.3) is 5.91 Å². The van der Waals surface area contributed by atoms with Crippen LogP contribution in [0.4, 0.5) is 5.69 Å². The highest BCUT2D eigenvalue weighted by Gasteiger charge is 2.31. The zero-order chi connectivity index (χ0) is 24.3. The number of anilines is 1. The summed E-state index contributed by atoms with van der Waals surface area (Å²) < 4.78 is 27.5. The Hall–Kier alpha value is -2.71. The lowest BCUT2D eigenvalue weighted by Crippen LogP contribution is -2.42. The van der Waals surface area contributed by atoms with E-state index in [1.807, 2.05) is 32.9 Å². The summed E-state index contributed by atoms with van der Waals surface area (Å²) in [5, 5.41) is 5.44. The van der Waals surface area contributed by atoms with Crippen LogP contribution in [0.3, 0.4) is 0 Å². The van der Waals surface area contributed by atoms with Gasteiger partial charge >= 0.3 is 0 Å². The second-order valence-corrected chi connectivity index (χ2v) is 11.2. The number of carbonyl (C=O) groups is 2. The van der Waals surface area contributed by atoms with E-state index in [-0.39, 0.29) is 17.3 Å². The summed E-state index contributed by atoms with van der Waals surface area (Å²) in [7, 11) is -3.60. The number of benzene rings is 2. The molecule has 2 N–H and O–H groups in total. The molecule has 1 fully saturated rings. The molecule has 0 unspecified atom stereocenters. The van der Waals surface area contributed by atoms with Gasteiger partial charge in [-0.05, 0) is 74.4 Å². The van der Waals surface area contributed by atoms with Gasteiger partial charge in [0.1, 0.15) is 0 Å². The second kappa shape index (κ2) is 10.1. The largest absolute Gasteiger partial charge is 0.343 e. The molecule has 2 atom stereocenters. The number of piperidine rings is 1. The van der Waals surface area contributed by atoms with Crippen molar-refractivity contribution >= 4 is 27.5 Å². The maximum absolute atomic E-state index is 13.0. The number of nitrogens with zero attached hydrogens (tertiary/aromatic N) is 1. The van der Waals surface area contributed by atoms with Gasteiger partial charge in [-0.2, -0.15) is 4.31 Å². The van der Waals surface area contributed by atoms with Gasteiger partial charge in [0.2, 0.25) is 15.9 Å². The number of aryl methyl sites for hydroxylation is 3. The zero-order valence-corrected chi connectivity index (χ0v) is 20.8. The lowest BCUT2D eigenvalue weighted by atomic mass is 9.94. The SMILES string of the molecule is Cc1cc(C)c(NC(=O)CNC(=O)c2ccc(S(=O)(=O)N3C[C@H](C)C[C@H](C)C3)cc2)c(C)c1. The van der Waals surface area contributed by atoms with Crippen molar-refractivity contribution in [2.75, 3.05) is 25.0 Å². The normalized spacial score (nSPS) is 19.2. The molecule has 33 heavy (non-hydrogen) atoms. The van der Waals surface area contributed by atoms with Gasteiger partial charge in [0.05, 0.1) is 11.4 Å². The molecule has 0 bridgehead atoms. The summed E-state index contributed by atoms with van der Waals surface area (Å²) in [4.78, 5) is 25.0. The molecular weight excluding hydrogens is 438 g/mol. The molecule has 0 saturated carbocycles. The molecule has 178 valence electrons. The van der Waals surface area contributed by atoms with E-state index in [4.69, 9.17) is 0 Å². The maximum Gasteiger partial charge on any atom is 0.251 e. The zero-order valence-electron chi connectivity index (χ0n) is 19.9. The van der Waals surface area contributed by atoms with Crippen LogP contribution in [-0.4, -0.2) is 44.2 Å². The number of hydrogen-bond acceptors (Lipinski definition) is 4. The Labute approximate surface area is 196 Å². The number of sulfonamides is 1. The number of carbonyl (C=O) groups excluding carboxylic acids is 2. The number of nitrogens with one attached hydrogen (secondary N) is 2. The van der Waals surface area contributed by atoms with Crippen LogP contribution in [0.25, 0.3) is 0 Å². The van der Waals surface area contributed by atoms with Gasteiger partial charge in [0.15, 0.2) is 0 Å². The van der Waals surface area contributed by atoms with Gasteiger partial charge < -0.3 is 10.6 Å². The fourth-order valence-electron chi connectivity index (χ4n) is 4.55. The lowest BCUT2D eigenvalue weighted by molar-refractivity contribution is -0.115. The van der Waals surface area contributed by atoms with Crippen molar-refractivity contribution in [1.29, 1.82) is 0 Å². The van der Waals surface area contributed by atoms with E-state index in [0.717, 1.165) is 28.8 Å². The van der Waals surface area contributed by atoms with Crippen molar-refractivity contribution in [3.63, 3.8) is 0 Å². The van der Waals surface area contributed by atoms with Crippen molar-refractivity contribution in [3.8, 4) is 0 Å². The smallest absolute Gasteiger partial charge is 0.251 e. The lowest BCUT2D eigenvalue weighted by Gasteiger charge is -2.34. The van der Waals surface area contributed by atoms with Crippen molar-refractivity contribution < 1.29 is 18.0 Å². The Morgan fingerprint density at radius 3 is 2.06 bits per heavy atom. The summed E-state index contributed by atoms with van der Waals surface area (Å²) in [6.07, 6.45) is 1.02. The van der Waals surface area contributed by atoms with Crippen LogP contribution in [0.5, 0.6) is 0 Å². The fraction of sp³-hybridized carbons (Fsp3) is 0.440. The van der Waals surface area contributed by atoms with Crippen LogP contribution in [-0.2, 0) is 14.8 Å². The quantitative estimate of drug-likeness (QED) is 0.672. The van der Waals surface area contributed by atoms with Crippen LogP contribution < -0.4 is 10.6 Å². The summed E-state index contributed by atoms with van der Waals surface area (Å²) in [5.41, 5.74) is 4.08. The van der Waals surface area contributed by atoms with Crippen molar-refractivity contribution in [3.05, 3.63) is 58.7 Å². The van der Waals surface area contributed by atoms with E-state index in [1.54, 1.807) is 0 Å². The predicted octanol–water partition coefficient (Wildman–Crippen LogP) is 3.65. The van der Waals surface area contributed by atoms with Gasteiger partial charge in [-0.3, -0.25) is 9.59 Å². The fourth-order valence-corrected chi connectivity index (χ4v) is 6.23. The summed E-state index contributed by atoms with van der Waals surface area (Å²) in [6, 6.07) is 9.83. The second-order valence-electron chi connectivity index (χ2n) is 9.30. The Morgan fingerprint density at radius 1 is 0.970 bits per heavy atom. The van der Waals surface area contributed by atoms with E-state index in [0.29, 0.717) is 30.5 Å². The van der Waals surface area contributed by atoms with Crippen molar-refractivity contribution in [1.82, 2.24) is 9.62 Å². The van der Waals surface area contributed by atoms with E-state index in [2.05, 4.69) is 24.5 Å². The molecule has 1 aliphatic heterocycles. The predicted molar refractivity (Wildman–Crippen MR) is 130 cm³/mol. The third kappa shape index (κ3) is 6.00. The third-order valence-electron chi connectivity index (χ3n) is 5.94. The molecule has 8 heteroatoms. The third-order valence-corrected chi connectivity index (χ3v) is 7.79. The van der Waals surface area contributed by atoms with Crippen LogP contribution in [0.2, 0.25) is 0 Å². The molecule has 7 nitrogen and oxygen atoms in total. The molecule has 3 rings (SSSR count). The number of rotatable bonds is 6. The van der Waals surface area contributed by atoms with E-state index >= 15 is 0 Å². The standard InChI is InChI=1S/C25H33N3O4S/c1-16-11-19(4)24(20(5)12-16)27-23(29)13-26-25(30)21-6-8-22(9-7-21)33(31,32)28-14-17(2)10-18(3)15-28/h6-9,11-12,17-18H,10,13-15H2,1-5H3,(H,26,30)(H,27,29)/t17-,18+. The summed E-state index contributed by atoms with van der Waals surface area (Å²) >= 11 is 0. The molecule has 0 aromatic heterocycles. The minimum atomic E-state index is -3.60. The molecule has 0 radical (unpaired) electrons. The Bertz CT molecular complexity index is 1110. The Kier molecular flexibility index (Phi) is 7.59. The van der Waals surface area contributed by atoms with Gasteiger partial charge in [0, 0.05) is 24.3 Å². The first-order valence-electron chi connectivity index (χ1n) is 11.2. The summed E-state index contributed by atoms with van der Waals surface area (Å²) in [5.74, 6) is -0.142. The molecule has 1 heterocycles. The van der Waals surface area contributed by atoms with E-state index in [9.17, 15) is 18.0 Å². The highest BCUT2D eigenvalue weighted by molar-refractivity contribution is 7.89. The average molecular weight is 472 g/mol. The summed E-state index contributed by atoms with van der Waals surface area (Å²) in [6.45, 7) is 10.8. The van der Waals surface area contributed by atoms with Gasteiger partial charge in [-0.15, -0.1) is 0 Å². The Morgan fingerprint density at radius 2 is 1.52 bits per heavy atom. The van der Waals surface area contributed by atoms with Crippen molar-refractivity contribution in [2.45, 2.75) is 45.9 Å². The molecule has 2 amide bonds. The highest BCUT2D eigenvalue weighted by atomic mass is 32.2. The van der Waals surface area contributed by atoms with Gasteiger partial charge in [-0.1, -0.05) is 31.5 Å². The topological polar surface area (TPSA) is 95.6 Å². The molecule has 2 aromatic rings. The molecule has 0 spiro atoms.